The predicted molar refractivity (Wildman–Crippen MR) is 120 cm³/mol. The molecule has 1 heterocycles. The Bertz CT molecular complexity index is 997. The number of pyridine rings is 1. The van der Waals surface area contributed by atoms with Gasteiger partial charge in [-0.15, -0.1) is 0 Å². The number of oxime groups is 1. The molecule has 1 aliphatic carbocycles. The number of hydrogen-bond donors (Lipinski definition) is 1. The fourth-order valence-corrected chi connectivity index (χ4v) is 3.71. The summed E-state index contributed by atoms with van der Waals surface area (Å²) in [5.74, 6) is -0.544. The molecule has 10 heteroatoms. The molecule has 1 amide bonds. The molecule has 0 bridgehead atoms. The molecule has 0 saturated heterocycles. The Kier molecular flexibility index (Phi) is 8.18. The van der Waals surface area contributed by atoms with Crippen LogP contribution in [0.25, 0.3) is 11.1 Å². The van der Waals surface area contributed by atoms with Crippen molar-refractivity contribution in [3.05, 3.63) is 47.1 Å². The van der Waals surface area contributed by atoms with E-state index in [0.29, 0.717) is 17.1 Å². The molecule has 1 N–H and O–H groups in total. The van der Waals surface area contributed by atoms with E-state index in [1.54, 1.807) is 24.3 Å². The van der Waals surface area contributed by atoms with Crippen LogP contribution in [0.2, 0.25) is 5.02 Å². The van der Waals surface area contributed by atoms with Gasteiger partial charge in [0.15, 0.2) is 6.10 Å². The SMILES string of the molecule is CON=C1CCCCC1CNC(=O)c1cnc(OC(C)C(F)(F)F)c(-c2ccc(Cl)cc2)c1. The van der Waals surface area contributed by atoms with Crippen LogP contribution < -0.4 is 10.1 Å². The zero-order valence-electron chi connectivity index (χ0n) is 18.3. The summed E-state index contributed by atoms with van der Waals surface area (Å²) >= 11 is 5.94. The van der Waals surface area contributed by atoms with Crippen molar-refractivity contribution >= 4 is 23.2 Å². The van der Waals surface area contributed by atoms with Crippen LogP contribution in [0.4, 0.5) is 13.2 Å². The molecule has 33 heavy (non-hydrogen) atoms. The first kappa shape index (κ1) is 24.8. The average molecular weight is 484 g/mol. The molecular weight excluding hydrogens is 459 g/mol. The number of benzene rings is 1. The van der Waals surface area contributed by atoms with Crippen molar-refractivity contribution < 1.29 is 27.5 Å². The molecule has 3 rings (SSSR count). The van der Waals surface area contributed by atoms with Crippen LogP contribution in [0.3, 0.4) is 0 Å². The Morgan fingerprint density at radius 2 is 2.03 bits per heavy atom. The topological polar surface area (TPSA) is 72.8 Å². The summed E-state index contributed by atoms with van der Waals surface area (Å²) in [5, 5.41) is 7.41. The van der Waals surface area contributed by atoms with Gasteiger partial charge in [0.2, 0.25) is 5.88 Å². The van der Waals surface area contributed by atoms with Crippen LogP contribution >= 0.6 is 11.6 Å². The minimum atomic E-state index is -4.56. The maximum atomic E-state index is 13.0. The minimum absolute atomic E-state index is 0.0709. The third-order valence-corrected chi connectivity index (χ3v) is 5.69. The molecule has 1 saturated carbocycles. The Morgan fingerprint density at radius 1 is 1.30 bits per heavy atom. The van der Waals surface area contributed by atoms with E-state index < -0.39 is 18.2 Å². The van der Waals surface area contributed by atoms with Crippen LogP contribution in [-0.4, -0.2) is 42.5 Å². The van der Waals surface area contributed by atoms with Crippen LogP contribution in [-0.2, 0) is 4.84 Å². The van der Waals surface area contributed by atoms with Gasteiger partial charge in [0, 0.05) is 29.2 Å². The van der Waals surface area contributed by atoms with E-state index in [-0.39, 0.29) is 22.9 Å². The Labute approximate surface area is 195 Å². The number of carbonyl (C=O) groups is 1. The van der Waals surface area contributed by atoms with Crippen molar-refractivity contribution in [3.63, 3.8) is 0 Å². The number of amides is 1. The number of alkyl halides is 3. The zero-order valence-corrected chi connectivity index (χ0v) is 19.0. The number of ether oxygens (including phenoxy) is 1. The molecular formula is C23H25ClF3N3O3. The number of halogens is 4. The summed E-state index contributed by atoms with van der Waals surface area (Å²) in [4.78, 5) is 21.8. The molecule has 1 aromatic carbocycles. The summed E-state index contributed by atoms with van der Waals surface area (Å²) in [6.45, 7) is 1.28. The highest BCUT2D eigenvalue weighted by molar-refractivity contribution is 6.30. The van der Waals surface area contributed by atoms with Crippen molar-refractivity contribution in [2.75, 3.05) is 13.7 Å². The fourth-order valence-electron chi connectivity index (χ4n) is 3.58. The maximum absolute atomic E-state index is 13.0. The van der Waals surface area contributed by atoms with E-state index in [4.69, 9.17) is 21.2 Å². The third-order valence-electron chi connectivity index (χ3n) is 5.44. The molecule has 2 aromatic rings. The summed E-state index contributed by atoms with van der Waals surface area (Å²) in [5.41, 5.74) is 1.89. The van der Waals surface area contributed by atoms with E-state index in [0.717, 1.165) is 38.3 Å². The summed E-state index contributed by atoms with van der Waals surface area (Å²) in [6.07, 6.45) is -1.65. The van der Waals surface area contributed by atoms with E-state index in [1.165, 1.54) is 19.4 Å². The third kappa shape index (κ3) is 6.60. The van der Waals surface area contributed by atoms with Crippen molar-refractivity contribution in [1.29, 1.82) is 0 Å². The summed E-state index contributed by atoms with van der Waals surface area (Å²) in [6, 6.07) is 7.92. The van der Waals surface area contributed by atoms with E-state index in [9.17, 15) is 18.0 Å². The minimum Gasteiger partial charge on any atom is -0.465 e. The normalized spacial score (nSPS) is 18.6. The molecule has 6 nitrogen and oxygen atoms in total. The van der Waals surface area contributed by atoms with Crippen molar-refractivity contribution in [3.8, 4) is 17.0 Å². The second kappa shape index (κ2) is 10.9. The number of hydrogen-bond acceptors (Lipinski definition) is 5. The van der Waals surface area contributed by atoms with Crippen LogP contribution in [0.15, 0.2) is 41.7 Å². The molecule has 1 fully saturated rings. The average Bonchev–Trinajstić information content (AvgIpc) is 2.78. The van der Waals surface area contributed by atoms with Crippen molar-refractivity contribution in [1.82, 2.24) is 10.3 Å². The standard InChI is InChI=1S/C23H25ClF3N3O3/c1-14(23(25,26)27)33-22-19(15-7-9-18(24)10-8-15)11-17(13-29-22)21(31)28-12-16-5-3-4-6-20(16)30-32-2/h7-11,13-14,16H,3-6,12H2,1-2H3,(H,28,31). The number of rotatable bonds is 7. The first-order valence-corrected chi connectivity index (χ1v) is 10.9. The predicted octanol–water partition coefficient (Wildman–Crippen LogP) is 5.65. The Morgan fingerprint density at radius 3 is 2.70 bits per heavy atom. The maximum Gasteiger partial charge on any atom is 0.425 e. The molecule has 0 radical (unpaired) electrons. The molecule has 0 spiro atoms. The molecule has 1 aliphatic rings. The highest BCUT2D eigenvalue weighted by atomic mass is 35.5. The van der Waals surface area contributed by atoms with Crippen LogP contribution in [0, 0.1) is 5.92 Å². The Hall–Kier alpha value is -2.81. The number of aromatic nitrogens is 1. The van der Waals surface area contributed by atoms with E-state index in [2.05, 4.69) is 15.5 Å². The van der Waals surface area contributed by atoms with Crippen LogP contribution in [0.1, 0.15) is 43.0 Å². The first-order chi connectivity index (χ1) is 15.7. The van der Waals surface area contributed by atoms with Gasteiger partial charge in [0.25, 0.3) is 5.91 Å². The Balaban J connectivity index is 1.83. The van der Waals surface area contributed by atoms with Gasteiger partial charge in [-0.2, -0.15) is 13.2 Å². The van der Waals surface area contributed by atoms with Gasteiger partial charge in [-0.25, -0.2) is 4.98 Å². The first-order valence-electron chi connectivity index (χ1n) is 10.6. The monoisotopic (exact) mass is 483 g/mol. The van der Waals surface area contributed by atoms with Gasteiger partial charge in [-0.05, 0) is 49.9 Å². The lowest BCUT2D eigenvalue weighted by molar-refractivity contribution is -0.189. The van der Waals surface area contributed by atoms with E-state index >= 15 is 0 Å². The molecule has 0 aliphatic heterocycles. The van der Waals surface area contributed by atoms with Crippen molar-refractivity contribution in [2.24, 2.45) is 11.1 Å². The highest BCUT2D eigenvalue weighted by Crippen LogP contribution is 2.33. The lowest BCUT2D eigenvalue weighted by Gasteiger charge is -2.23. The fraction of sp³-hybridized carbons (Fsp3) is 0.435. The zero-order chi connectivity index (χ0) is 24.0. The largest absolute Gasteiger partial charge is 0.465 e. The second-order valence-corrected chi connectivity index (χ2v) is 8.24. The van der Waals surface area contributed by atoms with Crippen molar-refractivity contribution in [2.45, 2.75) is 44.9 Å². The number of nitrogens with zero attached hydrogens (tertiary/aromatic N) is 2. The highest BCUT2D eigenvalue weighted by Gasteiger charge is 2.38. The van der Waals surface area contributed by atoms with Gasteiger partial charge < -0.3 is 14.9 Å². The molecule has 1 aromatic heterocycles. The van der Waals surface area contributed by atoms with Gasteiger partial charge in [0.1, 0.15) is 7.11 Å². The number of nitrogens with one attached hydrogen (secondary N) is 1. The summed E-state index contributed by atoms with van der Waals surface area (Å²) in [7, 11) is 1.49. The smallest absolute Gasteiger partial charge is 0.425 e. The van der Waals surface area contributed by atoms with Gasteiger partial charge in [-0.1, -0.05) is 35.3 Å². The quantitative estimate of drug-likeness (QED) is 0.516. The van der Waals surface area contributed by atoms with Crippen LogP contribution in [0.5, 0.6) is 5.88 Å². The molecule has 2 atom stereocenters. The van der Waals surface area contributed by atoms with Gasteiger partial charge in [0.05, 0.1) is 11.3 Å². The summed E-state index contributed by atoms with van der Waals surface area (Å²) < 4.78 is 44.2. The second-order valence-electron chi connectivity index (χ2n) is 7.80. The molecule has 178 valence electrons. The van der Waals surface area contributed by atoms with Gasteiger partial charge in [-0.3, -0.25) is 4.79 Å². The van der Waals surface area contributed by atoms with Gasteiger partial charge >= 0.3 is 6.18 Å². The van der Waals surface area contributed by atoms with E-state index in [1.807, 2.05) is 0 Å². The molecule has 2 unspecified atom stereocenters. The lowest BCUT2D eigenvalue weighted by atomic mass is 9.87. The lowest BCUT2D eigenvalue weighted by Crippen LogP contribution is -2.34. The number of carbonyl (C=O) groups excluding carboxylic acids is 1.